The van der Waals surface area contributed by atoms with Crippen LogP contribution in [0.15, 0.2) is 24.3 Å². The lowest BCUT2D eigenvalue weighted by atomic mass is 9.81. The monoisotopic (exact) mass is 345 g/mol. The van der Waals surface area contributed by atoms with Gasteiger partial charge in [-0.15, -0.1) is 0 Å². The van der Waals surface area contributed by atoms with Crippen molar-refractivity contribution in [1.29, 1.82) is 0 Å². The van der Waals surface area contributed by atoms with Crippen LogP contribution in [0.2, 0.25) is 0 Å². The van der Waals surface area contributed by atoms with Crippen LogP contribution >= 0.6 is 0 Å². The lowest BCUT2D eigenvalue weighted by Crippen LogP contribution is -2.39. The smallest absolute Gasteiger partial charge is 0.227 e. The van der Waals surface area contributed by atoms with E-state index < -0.39 is 0 Å². The first kappa shape index (κ1) is 19.3. The Morgan fingerprint density at radius 2 is 1.56 bits per heavy atom. The molecule has 5 heteroatoms. The van der Waals surface area contributed by atoms with Crippen molar-refractivity contribution < 1.29 is 9.59 Å². The second kappa shape index (κ2) is 8.88. The third kappa shape index (κ3) is 5.48. The average Bonchev–Trinajstić information content (AvgIpc) is 2.62. The predicted octanol–water partition coefficient (Wildman–Crippen LogP) is 3.41. The number of benzene rings is 1. The van der Waals surface area contributed by atoms with Gasteiger partial charge in [0.2, 0.25) is 11.8 Å². The van der Waals surface area contributed by atoms with E-state index in [0.717, 1.165) is 43.5 Å². The van der Waals surface area contributed by atoms with E-state index in [1.165, 1.54) is 0 Å². The SMILES string of the molecule is CCC(C)NC(=O)C1CCC(C(=O)Nc2ccc(N(C)C)cc2)CC1. The number of carbonyl (C=O) groups excluding carboxylic acids is 2. The number of nitrogens with zero attached hydrogens (tertiary/aromatic N) is 1. The minimum Gasteiger partial charge on any atom is -0.378 e. The summed E-state index contributed by atoms with van der Waals surface area (Å²) in [5.41, 5.74) is 1.93. The second-order valence-corrected chi connectivity index (χ2v) is 7.30. The van der Waals surface area contributed by atoms with E-state index in [0.29, 0.717) is 0 Å². The highest BCUT2D eigenvalue weighted by atomic mass is 16.2. The van der Waals surface area contributed by atoms with Gasteiger partial charge in [-0.25, -0.2) is 0 Å². The molecule has 0 saturated heterocycles. The Balaban J connectivity index is 1.81. The molecular weight excluding hydrogens is 314 g/mol. The number of hydrogen-bond donors (Lipinski definition) is 2. The third-order valence-corrected chi connectivity index (χ3v) is 5.12. The fourth-order valence-corrected chi connectivity index (χ4v) is 3.17. The minimum atomic E-state index is 0.00109. The molecule has 1 aliphatic rings. The van der Waals surface area contributed by atoms with E-state index >= 15 is 0 Å². The van der Waals surface area contributed by atoms with Crippen LogP contribution in [-0.4, -0.2) is 32.0 Å². The van der Waals surface area contributed by atoms with Crippen LogP contribution in [-0.2, 0) is 9.59 Å². The minimum absolute atomic E-state index is 0.00109. The summed E-state index contributed by atoms with van der Waals surface area (Å²) in [7, 11) is 3.98. The third-order valence-electron chi connectivity index (χ3n) is 5.12. The summed E-state index contributed by atoms with van der Waals surface area (Å²) in [5.74, 6) is 0.268. The Bertz CT molecular complexity index is 575. The molecule has 1 saturated carbocycles. The highest BCUT2D eigenvalue weighted by Gasteiger charge is 2.30. The van der Waals surface area contributed by atoms with Crippen LogP contribution in [0.3, 0.4) is 0 Å². The molecule has 1 aliphatic carbocycles. The molecule has 0 bridgehead atoms. The Kier molecular flexibility index (Phi) is 6.85. The molecule has 0 heterocycles. The van der Waals surface area contributed by atoms with Gasteiger partial charge in [-0.1, -0.05) is 6.92 Å². The Morgan fingerprint density at radius 3 is 2.04 bits per heavy atom. The van der Waals surface area contributed by atoms with Crippen LogP contribution in [0.5, 0.6) is 0 Å². The van der Waals surface area contributed by atoms with Crippen molar-refractivity contribution in [3.63, 3.8) is 0 Å². The molecule has 1 aromatic carbocycles. The van der Waals surface area contributed by atoms with Gasteiger partial charge >= 0.3 is 0 Å². The summed E-state index contributed by atoms with van der Waals surface area (Å²) < 4.78 is 0. The van der Waals surface area contributed by atoms with Crippen molar-refractivity contribution >= 4 is 23.2 Å². The molecule has 0 aromatic heterocycles. The molecular formula is C20H31N3O2. The van der Waals surface area contributed by atoms with Gasteiger partial charge in [0.1, 0.15) is 0 Å². The first-order valence-electron chi connectivity index (χ1n) is 9.29. The number of anilines is 2. The summed E-state index contributed by atoms with van der Waals surface area (Å²) in [6, 6.07) is 8.06. The van der Waals surface area contributed by atoms with Crippen LogP contribution in [0.1, 0.15) is 46.0 Å². The van der Waals surface area contributed by atoms with Gasteiger partial charge in [0.15, 0.2) is 0 Å². The van der Waals surface area contributed by atoms with E-state index in [2.05, 4.69) is 17.6 Å². The van der Waals surface area contributed by atoms with E-state index in [4.69, 9.17) is 0 Å². The average molecular weight is 345 g/mol. The van der Waals surface area contributed by atoms with Crippen LogP contribution in [0, 0.1) is 11.8 Å². The van der Waals surface area contributed by atoms with E-state index in [1.807, 2.05) is 50.2 Å². The molecule has 0 spiro atoms. The molecule has 5 nitrogen and oxygen atoms in total. The van der Waals surface area contributed by atoms with Crippen molar-refractivity contribution in [2.45, 2.75) is 52.0 Å². The summed E-state index contributed by atoms with van der Waals surface area (Å²) in [6.07, 6.45) is 4.08. The van der Waals surface area contributed by atoms with Gasteiger partial charge in [-0.05, 0) is 63.3 Å². The van der Waals surface area contributed by atoms with E-state index in [1.54, 1.807) is 0 Å². The normalized spacial score (nSPS) is 21.3. The quantitative estimate of drug-likeness (QED) is 0.830. The maximum atomic E-state index is 12.5. The largest absolute Gasteiger partial charge is 0.378 e. The van der Waals surface area contributed by atoms with Gasteiger partial charge in [0, 0.05) is 43.3 Å². The zero-order valence-corrected chi connectivity index (χ0v) is 15.8. The maximum absolute atomic E-state index is 12.5. The molecule has 2 rings (SSSR count). The molecule has 1 fully saturated rings. The first-order valence-corrected chi connectivity index (χ1v) is 9.29. The van der Waals surface area contributed by atoms with Crippen molar-refractivity contribution in [2.75, 3.05) is 24.3 Å². The highest BCUT2D eigenvalue weighted by Crippen LogP contribution is 2.30. The lowest BCUT2D eigenvalue weighted by Gasteiger charge is -2.28. The number of hydrogen-bond acceptors (Lipinski definition) is 3. The maximum Gasteiger partial charge on any atom is 0.227 e. The molecule has 138 valence electrons. The fraction of sp³-hybridized carbons (Fsp3) is 0.600. The molecule has 1 aromatic rings. The van der Waals surface area contributed by atoms with E-state index in [9.17, 15) is 9.59 Å². The van der Waals surface area contributed by atoms with Crippen molar-refractivity contribution in [3.05, 3.63) is 24.3 Å². The van der Waals surface area contributed by atoms with Crippen LogP contribution in [0.25, 0.3) is 0 Å². The van der Waals surface area contributed by atoms with Crippen molar-refractivity contribution in [3.8, 4) is 0 Å². The van der Waals surface area contributed by atoms with Crippen molar-refractivity contribution in [1.82, 2.24) is 5.32 Å². The topological polar surface area (TPSA) is 61.4 Å². The first-order chi connectivity index (χ1) is 11.9. The van der Waals surface area contributed by atoms with E-state index in [-0.39, 0.29) is 29.7 Å². The van der Waals surface area contributed by atoms with Gasteiger partial charge in [-0.2, -0.15) is 0 Å². The molecule has 0 aliphatic heterocycles. The van der Waals surface area contributed by atoms with Crippen molar-refractivity contribution in [2.24, 2.45) is 11.8 Å². The fourth-order valence-electron chi connectivity index (χ4n) is 3.17. The lowest BCUT2D eigenvalue weighted by molar-refractivity contribution is -0.129. The molecule has 2 N–H and O–H groups in total. The summed E-state index contributed by atoms with van der Waals surface area (Å²) in [4.78, 5) is 26.7. The molecule has 2 amide bonds. The second-order valence-electron chi connectivity index (χ2n) is 7.30. The van der Waals surface area contributed by atoms with Crippen LogP contribution < -0.4 is 15.5 Å². The zero-order valence-electron chi connectivity index (χ0n) is 15.8. The van der Waals surface area contributed by atoms with Gasteiger partial charge < -0.3 is 15.5 Å². The Hall–Kier alpha value is -2.04. The standard InChI is InChI=1S/C20H31N3O2/c1-5-14(2)21-19(24)15-6-8-16(9-7-15)20(25)22-17-10-12-18(13-11-17)23(3)4/h10-16H,5-9H2,1-4H3,(H,21,24)(H,22,25). The number of rotatable bonds is 6. The number of amides is 2. The zero-order chi connectivity index (χ0) is 18.4. The molecule has 0 radical (unpaired) electrons. The Morgan fingerprint density at radius 1 is 1.04 bits per heavy atom. The van der Waals surface area contributed by atoms with Crippen LogP contribution in [0.4, 0.5) is 11.4 Å². The summed E-state index contributed by atoms with van der Waals surface area (Å²) in [5, 5.41) is 6.06. The highest BCUT2D eigenvalue weighted by molar-refractivity contribution is 5.93. The number of carbonyl (C=O) groups is 2. The molecule has 1 unspecified atom stereocenters. The summed E-state index contributed by atoms with van der Waals surface area (Å²) in [6.45, 7) is 4.09. The molecule has 25 heavy (non-hydrogen) atoms. The van der Waals surface area contributed by atoms with Gasteiger partial charge in [-0.3, -0.25) is 9.59 Å². The number of nitrogens with one attached hydrogen (secondary N) is 2. The van der Waals surface area contributed by atoms with Gasteiger partial charge in [0.05, 0.1) is 0 Å². The Labute approximate surface area is 151 Å². The predicted molar refractivity (Wildman–Crippen MR) is 103 cm³/mol. The van der Waals surface area contributed by atoms with Gasteiger partial charge in [0.25, 0.3) is 0 Å². The molecule has 1 atom stereocenters. The summed E-state index contributed by atoms with van der Waals surface area (Å²) >= 11 is 0.